The van der Waals surface area contributed by atoms with Crippen molar-refractivity contribution in [1.29, 1.82) is 0 Å². The summed E-state index contributed by atoms with van der Waals surface area (Å²) in [4.78, 5) is 2.70. The molecule has 0 amide bonds. The molecule has 1 N–H and O–H groups in total. The van der Waals surface area contributed by atoms with Crippen LogP contribution in [0.4, 0.5) is 0 Å². The fraction of sp³-hybridized carbons (Fsp3) is 1.00. The summed E-state index contributed by atoms with van der Waals surface area (Å²) in [7, 11) is 0. The maximum atomic E-state index is 3.72. The standard InChI is InChI=1S/C13H26N2S2/c1-3-13(2)11-15(6-4-5-14-13)9-12-10-16-7-8-17-12/h12,14H,3-11H2,1-2H3. The van der Waals surface area contributed by atoms with Gasteiger partial charge in [-0.1, -0.05) is 6.92 Å². The molecule has 0 aromatic heterocycles. The third-order valence-corrected chi connectivity index (χ3v) is 6.73. The van der Waals surface area contributed by atoms with Gasteiger partial charge in [-0.3, -0.25) is 0 Å². The Kier molecular flexibility index (Phi) is 5.52. The first kappa shape index (κ1) is 14.0. The predicted molar refractivity (Wildman–Crippen MR) is 81.3 cm³/mol. The van der Waals surface area contributed by atoms with Crippen LogP contribution in [0.1, 0.15) is 26.7 Å². The van der Waals surface area contributed by atoms with Gasteiger partial charge < -0.3 is 10.2 Å². The van der Waals surface area contributed by atoms with Crippen LogP contribution in [0.25, 0.3) is 0 Å². The summed E-state index contributed by atoms with van der Waals surface area (Å²) < 4.78 is 0. The zero-order valence-electron chi connectivity index (χ0n) is 11.2. The van der Waals surface area contributed by atoms with Crippen molar-refractivity contribution in [1.82, 2.24) is 10.2 Å². The lowest BCUT2D eigenvalue weighted by molar-refractivity contribution is 0.218. The Labute approximate surface area is 115 Å². The highest BCUT2D eigenvalue weighted by molar-refractivity contribution is 8.06. The third kappa shape index (κ3) is 4.34. The van der Waals surface area contributed by atoms with Crippen LogP contribution in [-0.2, 0) is 0 Å². The van der Waals surface area contributed by atoms with Crippen molar-refractivity contribution in [3.05, 3.63) is 0 Å². The van der Waals surface area contributed by atoms with E-state index in [-0.39, 0.29) is 0 Å². The van der Waals surface area contributed by atoms with E-state index in [1.165, 1.54) is 56.3 Å². The van der Waals surface area contributed by atoms with Crippen LogP contribution in [-0.4, -0.2) is 59.1 Å². The van der Waals surface area contributed by atoms with Gasteiger partial charge in [-0.15, -0.1) is 0 Å². The number of rotatable bonds is 3. The molecule has 2 aliphatic heterocycles. The van der Waals surface area contributed by atoms with Gasteiger partial charge in [0.2, 0.25) is 0 Å². The highest BCUT2D eigenvalue weighted by Gasteiger charge is 2.28. The molecule has 0 bridgehead atoms. The number of thioether (sulfide) groups is 2. The van der Waals surface area contributed by atoms with Gasteiger partial charge in [-0.2, -0.15) is 23.5 Å². The van der Waals surface area contributed by atoms with Gasteiger partial charge in [0.25, 0.3) is 0 Å². The van der Waals surface area contributed by atoms with Crippen molar-refractivity contribution >= 4 is 23.5 Å². The molecule has 0 saturated carbocycles. The minimum atomic E-state index is 0.336. The summed E-state index contributed by atoms with van der Waals surface area (Å²) in [5.41, 5.74) is 0.336. The van der Waals surface area contributed by atoms with Crippen molar-refractivity contribution < 1.29 is 0 Å². The lowest BCUT2D eigenvalue weighted by Gasteiger charge is -2.35. The largest absolute Gasteiger partial charge is 0.310 e. The summed E-state index contributed by atoms with van der Waals surface area (Å²) in [5.74, 6) is 4.07. The van der Waals surface area contributed by atoms with Crippen LogP contribution in [0.2, 0.25) is 0 Å². The van der Waals surface area contributed by atoms with Crippen LogP contribution in [0.15, 0.2) is 0 Å². The van der Waals surface area contributed by atoms with Gasteiger partial charge in [-0.25, -0.2) is 0 Å². The van der Waals surface area contributed by atoms with Crippen LogP contribution in [0, 0.1) is 0 Å². The van der Waals surface area contributed by atoms with E-state index >= 15 is 0 Å². The highest BCUT2D eigenvalue weighted by atomic mass is 32.2. The van der Waals surface area contributed by atoms with E-state index in [0.717, 1.165) is 5.25 Å². The Hall–Kier alpha value is 0.620. The van der Waals surface area contributed by atoms with Crippen molar-refractivity contribution in [3.63, 3.8) is 0 Å². The molecule has 2 rings (SSSR count). The van der Waals surface area contributed by atoms with E-state index in [0.29, 0.717) is 5.54 Å². The predicted octanol–water partition coefficient (Wildman–Crippen LogP) is 2.30. The van der Waals surface area contributed by atoms with Crippen molar-refractivity contribution in [3.8, 4) is 0 Å². The van der Waals surface area contributed by atoms with E-state index in [4.69, 9.17) is 0 Å². The second kappa shape index (κ2) is 6.69. The van der Waals surface area contributed by atoms with Crippen LogP contribution >= 0.6 is 23.5 Å². The number of hydrogen-bond acceptors (Lipinski definition) is 4. The fourth-order valence-corrected chi connectivity index (χ4v) is 5.36. The van der Waals surface area contributed by atoms with Crippen LogP contribution in [0.5, 0.6) is 0 Å². The van der Waals surface area contributed by atoms with Gasteiger partial charge in [0.05, 0.1) is 0 Å². The normalized spacial score (nSPS) is 36.7. The first-order valence-electron chi connectivity index (χ1n) is 6.88. The zero-order valence-corrected chi connectivity index (χ0v) is 12.8. The summed E-state index contributed by atoms with van der Waals surface area (Å²) in [6.45, 7) is 9.69. The molecule has 2 atom stereocenters. The van der Waals surface area contributed by atoms with E-state index in [1.54, 1.807) is 0 Å². The molecule has 0 aromatic carbocycles. The summed E-state index contributed by atoms with van der Waals surface area (Å²) in [6, 6.07) is 0. The van der Waals surface area contributed by atoms with Crippen LogP contribution < -0.4 is 5.32 Å². The Morgan fingerprint density at radius 3 is 3.00 bits per heavy atom. The quantitative estimate of drug-likeness (QED) is 0.849. The second-order valence-corrected chi connectivity index (χ2v) is 8.06. The molecule has 0 aliphatic carbocycles. The lowest BCUT2D eigenvalue weighted by atomic mass is 9.98. The Morgan fingerprint density at radius 2 is 2.29 bits per heavy atom. The molecule has 0 spiro atoms. The molecule has 0 aromatic rings. The van der Waals surface area contributed by atoms with Crippen LogP contribution in [0.3, 0.4) is 0 Å². The average Bonchev–Trinajstić information content (AvgIpc) is 2.53. The number of nitrogens with one attached hydrogen (secondary N) is 1. The maximum absolute atomic E-state index is 3.72. The number of nitrogens with zero attached hydrogens (tertiary/aromatic N) is 1. The highest BCUT2D eigenvalue weighted by Crippen LogP contribution is 2.26. The molecule has 2 nitrogen and oxygen atoms in total. The molecule has 17 heavy (non-hydrogen) atoms. The van der Waals surface area contributed by atoms with Gasteiger partial charge in [0.15, 0.2) is 0 Å². The number of hydrogen-bond donors (Lipinski definition) is 1. The Balaban J connectivity index is 1.85. The molecule has 0 radical (unpaired) electrons. The maximum Gasteiger partial charge on any atom is 0.0277 e. The molecule has 2 fully saturated rings. The third-order valence-electron chi connectivity index (χ3n) is 3.90. The molecule has 4 heteroatoms. The summed E-state index contributed by atoms with van der Waals surface area (Å²) >= 11 is 4.33. The molecular formula is C13H26N2S2. The van der Waals surface area contributed by atoms with Gasteiger partial charge in [0.1, 0.15) is 0 Å². The fourth-order valence-electron chi connectivity index (χ4n) is 2.64. The molecule has 2 unspecified atom stereocenters. The molecule has 2 heterocycles. The Bertz CT molecular complexity index is 231. The minimum Gasteiger partial charge on any atom is -0.310 e. The van der Waals surface area contributed by atoms with E-state index in [9.17, 15) is 0 Å². The monoisotopic (exact) mass is 274 g/mol. The SMILES string of the molecule is CCC1(C)CN(CC2CSCCS2)CCCN1. The lowest BCUT2D eigenvalue weighted by Crippen LogP contribution is -2.49. The summed E-state index contributed by atoms with van der Waals surface area (Å²) in [6.07, 6.45) is 2.54. The van der Waals surface area contributed by atoms with Gasteiger partial charge in [0, 0.05) is 41.1 Å². The summed E-state index contributed by atoms with van der Waals surface area (Å²) in [5, 5.41) is 4.59. The average molecular weight is 274 g/mol. The first-order valence-corrected chi connectivity index (χ1v) is 9.09. The van der Waals surface area contributed by atoms with E-state index in [1.807, 2.05) is 0 Å². The van der Waals surface area contributed by atoms with Gasteiger partial charge in [-0.05, 0) is 32.9 Å². The van der Waals surface area contributed by atoms with Crippen molar-refractivity contribution in [2.45, 2.75) is 37.5 Å². The second-order valence-electron chi connectivity index (χ2n) is 5.50. The van der Waals surface area contributed by atoms with Crippen molar-refractivity contribution in [2.75, 3.05) is 43.4 Å². The first-order chi connectivity index (χ1) is 8.22. The molecule has 2 aliphatic rings. The van der Waals surface area contributed by atoms with Gasteiger partial charge >= 0.3 is 0 Å². The van der Waals surface area contributed by atoms with E-state index < -0.39 is 0 Å². The molecule has 2 saturated heterocycles. The zero-order chi connectivity index (χ0) is 12.1. The van der Waals surface area contributed by atoms with E-state index in [2.05, 4.69) is 47.6 Å². The molecule has 100 valence electrons. The Morgan fingerprint density at radius 1 is 1.41 bits per heavy atom. The minimum absolute atomic E-state index is 0.336. The van der Waals surface area contributed by atoms with Crippen molar-refractivity contribution in [2.24, 2.45) is 0 Å². The topological polar surface area (TPSA) is 15.3 Å². The molecular weight excluding hydrogens is 248 g/mol. The smallest absolute Gasteiger partial charge is 0.0277 e.